The molecule has 2 aromatic rings. The number of nitrogens with zero attached hydrogens (tertiary/aromatic N) is 1. The highest BCUT2D eigenvalue weighted by Crippen LogP contribution is 2.30. The van der Waals surface area contributed by atoms with Crippen molar-refractivity contribution in [2.24, 2.45) is 5.92 Å². The maximum Gasteiger partial charge on any atom is 0.123 e. The standard InChI is InChI=1S/C22H28FNO3/c1-16-2-8-21(9-3-16)27-15-20(25)14-24-12-10-18(11-13-24)22(26)17-4-6-19(23)7-5-17/h2-9,18,20,22,25-26H,10-15H2,1H3. The lowest BCUT2D eigenvalue weighted by Crippen LogP contribution is -2.41. The summed E-state index contributed by atoms with van der Waals surface area (Å²) in [6.45, 7) is 4.50. The molecule has 2 atom stereocenters. The van der Waals surface area contributed by atoms with Crippen molar-refractivity contribution in [3.05, 3.63) is 65.5 Å². The molecule has 5 heteroatoms. The first-order chi connectivity index (χ1) is 13.0. The summed E-state index contributed by atoms with van der Waals surface area (Å²) in [6, 6.07) is 13.9. The lowest BCUT2D eigenvalue weighted by molar-refractivity contribution is 0.0278. The molecule has 2 N–H and O–H groups in total. The highest BCUT2D eigenvalue weighted by atomic mass is 19.1. The summed E-state index contributed by atoms with van der Waals surface area (Å²) in [7, 11) is 0. The van der Waals surface area contributed by atoms with Crippen molar-refractivity contribution in [2.45, 2.75) is 32.0 Å². The average molecular weight is 373 g/mol. The van der Waals surface area contributed by atoms with Crippen LogP contribution in [0.1, 0.15) is 30.1 Å². The normalized spacial score (nSPS) is 18.2. The summed E-state index contributed by atoms with van der Waals surface area (Å²) in [5, 5.41) is 20.8. The molecule has 4 nitrogen and oxygen atoms in total. The molecule has 2 unspecified atom stereocenters. The van der Waals surface area contributed by atoms with Crippen LogP contribution < -0.4 is 4.74 Å². The molecular formula is C22H28FNO3. The predicted molar refractivity (Wildman–Crippen MR) is 103 cm³/mol. The third-order valence-electron chi connectivity index (χ3n) is 5.22. The smallest absolute Gasteiger partial charge is 0.123 e. The first-order valence-corrected chi connectivity index (χ1v) is 9.54. The minimum absolute atomic E-state index is 0.160. The number of rotatable bonds is 7. The van der Waals surface area contributed by atoms with Crippen molar-refractivity contribution in [1.82, 2.24) is 4.90 Å². The van der Waals surface area contributed by atoms with E-state index < -0.39 is 12.2 Å². The van der Waals surface area contributed by atoms with Crippen LogP contribution in [0.2, 0.25) is 0 Å². The molecule has 1 fully saturated rings. The Morgan fingerprint density at radius 2 is 1.67 bits per heavy atom. The molecule has 0 aromatic heterocycles. The SMILES string of the molecule is Cc1ccc(OCC(O)CN2CCC(C(O)c3ccc(F)cc3)CC2)cc1. The number of ether oxygens (including phenoxy) is 1. The van der Waals surface area contributed by atoms with Crippen molar-refractivity contribution in [1.29, 1.82) is 0 Å². The van der Waals surface area contributed by atoms with Gasteiger partial charge in [0.2, 0.25) is 0 Å². The molecule has 146 valence electrons. The highest BCUT2D eigenvalue weighted by molar-refractivity contribution is 5.26. The van der Waals surface area contributed by atoms with E-state index in [-0.39, 0.29) is 18.3 Å². The Bertz CT molecular complexity index is 697. The number of aryl methyl sites for hydroxylation is 1. The van der Waals surface area contributed by atoms with Crippen LogP contribution in [0, 0.1) is 18.7 Å². The molecule has 1 heterocycles. The Kier molecular flexibility index (Phi) is 6.83. The van der Waals surface area contributed by atoms with Crippen LogP contribution in [0.4, 0.5) is 4.39 Å². The van der Waals surface area contributed by atoms with Gasteiger partial charge in [-0.25, -0.2) is 4.39 Å². The van der Waals surface area contributed by atoms with Gasteiger partial charge in [0, 0.05) is 6.54 Å². The molecule has 1 aliphatic rings. The van der Waals surface area contributed by atoms with Gasteiger partial charge in [-0.3, -0.25) is 0 Å². The Morgan fingerprint density at radius 3 is 2.30 bits per heavy atom. The van der Waals surface area contributed by atoms with E-state index in [1.54, 1.807) is 12.1 Å². The van der Waals surface area contributed by atoms with Gasteiger partial charge in [-0.1, -0.05) is 29.8 Å². The summed E-state index contributed by atoms with van der Waals surface area (Å²) >= 11 is 0. The second kappa shape index (κ2) is 9.31. The molecule has 1 aliphatic heterocycles. The Balaban J connectivity index is 1.40. The molecule has 0 aliphatic carbocycles. The minimum atomic E-state index is -0.567. The fourth-order valence-corrected chi connectivity index (χ4v) is 3.56. The van der Waals surface area contributed by atoms with Crippen molar-refractivity contribution < 1.29 is 19.3 Å². The highest BCUT2D eigenvalue weighted by Gasteiger charge is 2.27. The number of benzene rings is 2. The van der Waals surface area contributed by atoms with Crippen LogP contribution in [0.15, 0.2) is 48.5 Å². The lowest BCUT2D eigenvalue weighted by Gasteiger charge is -2.35. The van der Waals surface area contributed by atoms with Crippen molar-refractivity contribution >= 4 is 0 Å². The monoisotopic (exact) mass is 373 g/mol. The molecule has 3 rings (SSSR count). The zero-order valence-corrected chi connectivity index (χ0v) is 15.7. The average Bonchev–Trinajstić information content (AvgIpc) is 2.68. The van der Waals surface area contributed by atoms with E-state index in [0.717, 1.165) is 37.2 Å². The minimum Gasteiger partial charge on any atom is -0.491 e. The van der Waals surface area contributed by atoms with Crippen molar-refractivity contribution in [3.8, 4) is 5.75 Å². The summed E-state index contributed by atoms with van der Waals surface area (Å²) < 4.78 is 18.7. The number of aliphatic hydroxyl groups is 2. The number of likely N-dealkylation sites (tertiary alicyclic amines) is 1. The Hall–Kier alpha value is -1.95. The van der Waals surface area contributed by atoms with E-state index in [2.05, 4.69) is 4.90 Å². The molecular weight excluding hydrogens is 345 g/mol. The van der Waals surface area contributed by atoms with Crippen LogP contribution >= 0.6 is 0 Å². The third-order valence-corrected chi connectivity index (χ3v) is 5.22. The van der Waals surface area contributed by atoms with Crippen LogP contribution in [-0.4, -0.2) is 47.5 Å². The molecule has 0 amide bonds. The van der Waals surface area contributed by atoms with Gasteiger partial charge in [0.1, 0.15) is 24.3 Å². The van der Waals surface area contributed by atoms with E-state index in [0.29, 0.717) is 6.54 Å². The number of hydrogen-bond donors (Lipinski definition) is 2. The molecule has 1 saturated heterocycles. The molecule has 0 radical (unpaired) electrons. The van der Waals surface area contributed by atoms with Gasteiger partial charge in [-0.15, -0.1) is 0 Å². The number of piperidine rings is 1. The Morgan fingerprint density at radius 1 is 1.04 bits per heavy atom. The maximum absolute atomic E-state index is 13.0. The first-order valence-electron chi connectivity index (χ1n) is 9.54. The van der Waals surface area contributed by atoms with Crippen LogP contribution in [0.25, 0.3) is 0 Å². The number of β-amino-alcohol motifs (C(OH)–C–C–N with tert-alkyl or cyclic N) is 1. The molecule has 27 heavy (non-hydrogen) atoms. The topological polar surface area (TPSA) is 52.9 Å². The molecule has 0 spiro atoms. The van der Waals surface area contributed by atoms with E-state index >= 15 is 0 Å². The second-order valence-corrected chi connectivity index (χ2v) is 7.41. The van der Waals surface area contributed by atoms with Gasteiger partial charge in [-0.05, 0) is 68.6 Å². The van der Waals surface area contributed by atoms with Crippen LogP contribution in [-0.2, 0) is 0 Å². The summed E-state index contributed by atoms with van der Waals surface area (Å²) in [4.78, 5) is 2.21. The predicted octanol–water partition coefficient (Wildman–Crippen LogP) is 3.32. The zero-order chi connectivity index (χ0) is 19.2. The third kappa shape index (κ3) is 5.76. The maximum atomic E-state index is 13.0. The molecule has 0 bridgehead atoms. The van der Waals surface area contributed by atoms with E-state index in [4.69, 9.17) is 4.74 Å². The van der Waals surface area contributed by atoms with Gasteiger partial charge < -0.3 is 19.8 Å². The van der Waals surface area contributed by atoms with Crippen molar-refractivity contribution in [2.75, 3.05) is 26.2 Å². The van der Waals surface area contributed by atoms with Crippen LogP contribution in [0.5, 0.6) is 5.75 Å². The number of aliphatic hydroxyl groups excluding tert-OH is 2. The number of hydrogen-bond acceptors (Lipinski definition) is 4. The summed E-state index contributed by atoms with van der Waals surface area (Å²) in [5.41, 5.74) is 1.94. The Labute approximate surface area is 160 Å². The molecule has 2 aromatic carbocycles. The molecule has 0 saturated carbocycles. The zero-order valence-electron chi connectivity index (χ0n) is 15.7. The second-order valence-electron chi connectivity index (χ2n) is 7.41. The fourth-order valence-electron chi connectivity index (χ4n) is 3.56. The first kappa shape index (κ1) is 19.8. The van der Waals surface area contributed by atoms with Gasteiger partial charge >= 0.3 is 0 Å². The van der Waals surface area contributed by atoms with E-state index in [1.807, 2.05) is 31.2 Å². The van der Waals surface area contributed by atoms with Gasteiger partial charge in [0.15, 0.2) is 0 Å². The lowest BCUT2D eigenvalue weighted by atomic mass is 9.87. The van der Waals surface area contributed by atoms with E-state index in [1.165, 1.54) is 17.7 Å². The van der Waals surface area contributed by atoms with E-state index in [9.17, 15) is 14.6 Å². The van der Waals surface area contributed by atoms with Gasteiger partial charge in [0.25, 0.3) is 0 Å². The van der Waals surface area contributed by atoms with Gasteiger partial charge in [-0.2, -0.15) is 0 Å². The largest absolute Gasteiger partial charge is 0.491 e. The fraction of sp³-hybridized carbons (Fsp3) is 0.455. The summed E-state index contributed by atoms with van der Waals surface area (Å²) in [5.74, 6) is 0.635. The quantitative estimate of drug-likeness (QED) is 0.782. The summed E-state index contributed by atoms with van der Waals surface area (Å²) in [6.07, 6.45) is 0.584. The van der Waals surface area contributed by atoms with Crippen LogP contribution in [0.3, 0.4) is 0 Å². The number of halogens is 1. The van der Waals surface area contributed by atoms with Crippen molar-refractivity contribution in [3.63, 3.8) is 0 Å². The van der Waals surface area contributed by atoms with Gasteiger partial charge in [0.05, 0.1) is 6.10 Å².